The number of nitrogens with one attached hydrogen (secondary N) is 1. The van der Waals surface area contributed by atoms with Gasteiger partial charge in [0, 0.05) is 10.7 Å². The third-order valence-electron chi connectivity index (χ3n) is 5.00. The van der Waals surface area contributed by atoms with E-state index < -0.39 is 0 Å². The normalized spacial score (nSPS) is 24.2. The summed E-state index contributed by atoms with van der Waals surface area (Å²) in [6, 6.07) is 3.80. The fourth-order valence-electron chi connectivity index (χ4n) is 3.75. The van der Waals surface area contributed by atoms with Gasteiger partial charge in [-0.15, -0.1) is 5.10 Å². The van der Waals surface area contributed by atoms with Crippen LogP contribution in [0.25, 0.3) is 0 Å². The highest BCUT2D eigenvalue weighted by Gasteiger charge is 2.46. The van der Waals surface area contributed by atoms with Gasteiger partial charge in [-0.25, -0.2) is 4.98 Å². The van der Waals surface area contributed by atoms with Crippen LogP contribution in [0.15, 0.2) is 33.7 Å². The molecule has 24 heavy (non-hydrogen) atoms. The van der Waals surface area contributed by atoms with Crippen LogP contribution >= 0.6 is 15.9 Å². The second-order valence-corrected chi connectivity index (χ2v) is 7.47. The first-order chi connectivity index (χ1) is 11.6. The fraction of sp³-hybridized carbons (Fsp3) is 0.588. The largest absolute Gasteiger partial charge is 0.492 e. The van der Waals surface area contributed by atoms with Gasteiger partial charge in [0.1, 0.15) is 10.4 Å². The molecule has 1 saturated heterocycles. The van der Waals surface area contributed by atoms with Crippen molar-refractivity contribution >= 4 is 15.9 Å². The van der Waals surface area contributed by atoms with Crippen molar-refractivity contribution < 1.29 is 9.26 Å². The van der Waals surface area contributed by atoms with Crippen LogP contribution in [0.5, 0.6) is 5.75 Å². The predicted octanol–water partition coefficient (Wildman–Crippen LogP) is 3.20. The lowest BCUT2D eigenvalue weighted by Gasteiger charge is -2.44. The first-order valence-electron chi connectivity index (χ1n) is 8.35. The number of aromatic nitrogens is 3. The fourth-order valence-corrected chi connectivity index (χ4v) is 3.98. The standard InChI is InChI=1S/C17H23BrN4O2/c1-12(2)14-10-19-7-5-17(14,15-11-21-22-24-15)6-8-23-13-3-4-16(18)20-9-13/h3-4,9,11-12,14,19H,5-8,10H2,1-2H3/t14?,17-/m0/s1. The number of hydrogen-bond acceptors (Lipinski definition) is 6. The van der Waals surface area contributed by atoms with Crippen molar-refractivity contribution in [2.75, 3.05) is 19.7 Å². The van der Waals surface area contributed by atoms with Gasteiger partial charge in [-0.3, -0.25) is 0 Å². The Labute approximate surface area is 150 Å². The lowest BCUT2D eigenvalue weighted by Crippen LogP contribution is -2.50. The van der Waals surface area contributed by atoms with Gasteiger partial charge < -0.3 is 14.6 Å². The molecule has 0 aliphatic carbocycles. The van der Waals surface area contributed by atoms with Crippen LogP contribution in [0, 0.1) is 11.8 Å². The Morgan fingerprint density at radius 2 is 2.29 bits per heavy atom. The van der Waals surface area contributed by atoms with E-state index in [-0.39, 0.29) is 5.41 Å². The van der Waals surface area contributed by atoms with Gasteiger partial charge >= 0.3 is 0 Å². The van der Waals surface area contributed by atoms with Crippen molar-refractivity contribution in [1.82, 2.24) is 20.7 Å². The minimum absolute atomic E-state index is 0.0916. The third kappa shape index (κ3) is 3.62. The Hall–Kier alpha value is -1.47. The maximum Gasteiger partial charge on any atom is 0.163 e. The minimum atomic E-state index is -0.0916. The van der Waals surface area contributed by atoms with Crippen molar-refractivity contribution in [2.24, 2.45) is 11.8 Å². The molecule has 6 nitrogen and oxygen atoms in total. The first-order valence-corrected chi connectivity index (χ1v) is 9.14. The van der Waals surface area contributed by atoms with Gasteiger partial charge in [0.15, 0.2) is 5.76 Å². The van der Waals surface area contributed by atoms with E-state index in [4.69, 9.17) is 9.26 Å². The van der Waals surface area contributed by atoms with E-state index in [0.717, 1.165) is 42.0 Å². The Bertz CT molecular complexity index is 633. The zero-order valence-electron chi connectivity index (χ0n) is 14.0. The van der Waals surface area contributed by atoms with Gasteiger partial charge in [0.2, 0.25) is 0 Å². The predicted molar refractivity (Wildman–Crippen MR) is 93.8 cm³/mol. The molecular weight excluding hydrogens is 372 g/mol. The van der Waals surface area contributed by atoms with Gasteiger partial charge in [-0.05, 0) is 65.8 Å². The van der Waals surface area contributed by atoms with Gasteiger partial charge in [0.05, 0.1) is 19.0 Å². The molecule has 7 heteroatoms. The van der Waals surface area contributed by atoms with E-state index in [2.05, 4.69) is 50.4 Å². The molecule has 1 aliphatic rings. The summed E-state index contributed by atoms with van der Waals surface area (Å²) >= 11 is 3.33. The Balaban J connectivity index is 1.76. The van der Waals surface area contributed by atoms with Gasteiger partial charge in [-0.1, -0.05) is 13.8 Å². The molecule has 130 valence electrons. The summed E-state index contributed by atoms with van der Waals surface area (Å²) < 4.78 is 12.2. The van der Waals surface area contributed by atoms with Crippen LogP contribution in [-0.4, -0.2) is 35.1 Å². The van der Waals surface area contributed by atoms with Crippen molar-refractivity contribution in [3.8, 4) is 5.75 Å². The quantitative estimate of drug-likeness (QED) is 0.758. The number of rotatable bonds is 6. The van der Waals surface area contributed by atoms with Crippen LogP contribution < -0.4 is 10.1 Å². The summed E-state index contributed by atoms with van der Waals surface area (Å²) in [5, 5.41) is 11.1. The highest BCUT2D eigenvalue weighted by molar-refractivity contribution is 9.10. The molecule has 0 aromatic carbocycles. The molecule has 0 radical (unpaired) electrons. The van der Waals surface area contributed by atoms with Crippen LogP contribution in [0.4, 0.5) is 0 Å². The summed E-state index contributed by atoms with van der Waals surface area (Å²) in [5.74, 6) is 2.63. The maximum atomic E-state index is 5.93. The number of piperidine rings is 1. The Morgan fingerprint density at radius 1 is 1.42 bits per heavy atom. The summed E-state index contributed by atoms with van der Waals surface area (Å²) in [6.45, 7) is 7.06. The summed E-state index contributed by atoms with van der Waals surface area (Å²) in [6.07, 6.45) is 5.36. The zero-order chi connectivity index (χ0) is 17.0. The highest BCUT2D eigenvalue weighted by Crippen LogP contribution is 2.44. The number of ether oxygens (including phenoxy) is 1. The molecule has 3 heterocycles. The van der Waals surface area contributed by atoms with E-state index >= 15 is 0 Å². The van der Waals surface area contributed by atoms with Gasteiger partial charge in [0.25, 0.3) is 0 Å². The van der Waals surface area contributed by atoms with E-state index in [1.54, 1.807) is 12.4 Å². The number of pyridine rings is 1. The zero-order valence-corrected chi connectivity index (χ0v) is 15.6. The molecule has 0 spiro atoms. The van der Waals surface area contributed by atoms with Crippen molar-refractivity contribution in [3.05, 3.63) is 34.9 Å². The number of hydrogen-bond donors (Lipinski definition) is 1. The average molecular weight is 395 g/mol. The lowest BCUT2D eigenvalue weighted by molar-refractivity contribution is 0.0902. The molecule has 1 aliphatic heterocycles. The van der Waals surface area contributed by atoms with Gasteiger partial charge in [-0.2, -0.15) is 0 Å². The molecule has 3 rings (SSSR count). The van der Waals surface area contributed by atoms with Crippen LogP contribution in [-0.2, 0) is 5.41 Å². The van der Waals surface area contributed by atoms with Crippen LogP contribution in [0.2, 0.25) is 0 Å². The summed E-state index contributed by atoms with van der Waals surface area (Å²) in [4.78, 5) is 4.20. The molecule has 1 unspecified atom stereocenters. The summed E-state index contributed by atoms with van der Waals surface area (Å²) in [7, 11) is 0. The van der Waals surface area contributed by atoms with E-state index in [9.17, 15) is 0 Å². The summed E-state index contributed by atoms with van der Waals surface area (Å²) in [5.41, 5.74) is -0.0916. The molecule has 0 bridgehead atoms. The second-order valence-electron chi connectivity index (χ2n) is 6.66. The Morgan fingerprint density at radius 3 is 2.96 bits per heavy atom. The highest BCUT2D eigenvalue weighted by atomic mass is 79.9. The molecule has 2 atom stereocenters. The average Bonchev–Trinajstić information content (AvgIpc) is 3.12. The smallest absolute Gasteiger partial charge is 0.163 e. The molecular formula is C17H23BrN4O2. The third-order valence-corrected chi connectivity index (χ3v) is 5.46. The second kappa shape index (κ2) is 7.61. The Kier molecular flexibility index (Phi) is 5.50. The molecule has 2 aromatic heterocycles. The molecule has 0 amide bonds. The van der Waals surface area contributed by atoms with E-state index in [0.29, 0.717) is 18.4 Å². The van der Waals surface area contributed by atoms with Crippen LogP contribution in [0.3, 0.4) is 0 Å². The molecule has 0 saturated carbocycles. The molecule has 1 N–H and O–H groups in total. The SMILES string of the molecule is CC(C)C1CNCC[C@@]1(CCOc1ccc(Br)nc1)c1cnno1. The van der Waals surface area contributed by atoms with Crippen molar-refractivity contribution in [1.29, 1.82) is 0 Å². The lowest BCUT2D eigenvalue weighted by atomic mass is 9.63. The number of halogens is 1. The number of nitrogens with zero attached hydrogens (tertiary/aromatic N) is 3. The topological polar surface area (TPSA) is 73.1 Å². The maximum absolute atomic E-state index is 5.93. The first kappa shape index (κ1) is 17.4. The monoisotopic (exact) mass is 394 g/mol. The van der Waals surface area contributed by atoms with E-state index in [1.165, 1.54) is 0 Å². The van der Waals surface area contributed by atoms with E-state index in [1.807, 2.05) is 12.1 Å². The van der Waals surface area contributed by atoms with Crippen LogP contribution in [0.1, 0.15) is 32.4 Å². The van der Waals surface area contributed by atoms with Crippen molar-refractivity contribution in [2.45, 2.75) is 32.1 Å². The molecule has 2 aromatic rings. The minimum Gasteiger partial charge on any atom is -0.492 e. The molecule has 1 fully saturated rings. The van der Waals surface area contributed by atoms with Crippen molar-refractivity contribution in [3.63, 3.8) is 0 Å².